The lowest BCUT2D eigenvalue weighted by atomic mass is 10.1. The standard InChI is InChI=1S/C26H30N4O/c1-18(2)30(19(3)4)16-12-21-11-14-27-24-17-29(26(31)25(21)24)15-13-22-10-9-20-7-5-6-8-23(20)28-22/h5-12,14,16,18-19H,13,15,17H2,1-4H3. The van der Waals surface area contributed by atoms with Crippen LogP contribution in [0.1, 0.15) is 55.0 Å². The van der Waals surface area contributed by atoms with E-state index in [2.05, 4.69) is 62.0 Å². The molecule has 0 radical (unpaired) electrons. The normalized spacial score (nSPS) is 13.7. The Bertz CT molecular complexity index is 1110. The Morgan fingerprint density at radius 2 is 1.84 bits per heavy atom. The second kappa shape index (κ2) is 8.88. The highest BCUT2D eigenvalue weighted by atomic mass is 16.2. The number of fused-ring (bicyclic) bond motifs is 2. The number of rotatable bonds is 7. The van der Waals surface area contributed by atoms with E-state index in [9.17, 15) is 4.79 Å². The summed E-state index contributed by atoms with van der Waals surface area (Å²) < 4.78 is 0. The summed E-state index contributed by atoms with van der Waals surface area (Å²) in [5.41, 5.74) is 4.52. The molecule has 5 heteroatoms. The van der Waals surface area contributed by atoms with Crippen molar-refractivity contribution in [3.05, 3.63) is 77.4 Å². The van der Waals surface area contributed by atoms with Gasteiger partial charge in [0.05, 0.1) is 23.3 Å². The van der Waals surface area contributed by atoms with Crippen LogP contribution in [0.15, 0.2) is 54.9 Å². The summed E-state index contributed by atoms with van der Waals surface area (Å²) in [5.74, 6) is 0.0594. The molecule has 31 heavy (non-hydrogen) atoms. The first-order valence-corrected chi connectivity index (χ1v) is 11.0. The van der Waals surface area contributed by atoms with Crippen molar-refractivity contribution in [2.45, 2.75) is 52.7 Å². The lowest BCUT2D eigenvalue weighted by molar-refractivity contribution is 0.0779. The van der Waals surface area contributed by atoms with Gasteiger partial charge in [-0.2, -0.15) is 0 Å². The second-order valence-corrected chi connectivity index (χ2v) is 8.64. The monoisotopic (exact) mass is 414 g/mol. The maximum absolute atomic E-state index is 13.2. The van der Waals surface area contributed by atoms with Crippen molar-refractivity contribution < 1.29 is 4.79 Å². The first kappa shape index (κ1) is 21.0. The Balaban J connectivity index is 1.49. The third-order valence-corrected chi connectivity index (χ3v) is 5.82. The fraction of sp³-hybridized carbons (Fsp3) is 0.346. The van der Waals surface area contributed by atoms with E-state index in [1.54, 1.807) is 6.20 Å². The second-order valence-electron chi connectivity index (χ2n) is 8.64. The van der Waals surface area contributed by atoms with Gasteiger partial charge in [-0.15, -0.1) is 0 Å². The van der Waals surface area contributed by atoms with Crippen LogP contribution in [-0.4, -0.2) is 44.3 Å². The number of hydrogen-bond donors (Lipinski definition) is 0. The fourth-order valence-electron chi connectivity index (χ4n) is 4.22. The van der Waals surface area contributed by atoms with E-state index in [1.165, 1.54) is 0 Å². The average molecular weight is 415 g/mol. The summed E-state index contributed by atoms with van der Waals surface area (Å²) in [6.07, 6.45) is 6.67. The zero-order valence-corrected chi connectivity index (χ0v) is 18.7. The molecule has 1 amide bonds. The number of amides is 1. The highest BCUT2D eigenvalue weighted by Gasteiger charge is 2.30. The minimum absolute atomic E-state index is 0.0594. The molecule has 3 heterocycles. The van der Waals surface area contributed by atoms with Crippen molar-refractivity contribution in [1.29, 1.82) is 0 Å². The van der Waals surface area contributed by atoms with Gasteiger partial charge < -0.3 is 9.80 Å². The maximum Gasteiger partial charge on any atom is 0.256 e. The summed E-state index contributed by atoms with van der Waals surface area (Å²) >= 11 is 0. The first-order chi connectivity index (χ1) is 14.9. The molecule has 0 unspecified atom stereocenters. The number of benzene rings is 1. The molecule has 0 aliphatic carbocycles. The minimum Gasteiger partial charge on any atom is -0.373 e. The van der Waals surface area contributed by atoms with E-state index in [0.29, 0.717) is 25.2 Å². The van der Waals surface area contributed by atoms with Crippen LogP contribution in [-0.2, 0) is 13.0 Å². The smallest absolute Gasteiger partial charge is 0.256 e. The number of pyridine rings is 2. The highest BCUT2D eigenvalue weighted by molar-refractivity contribution is 6.01. The largest absolute Gasteiger partial charge is 0.373 e. The zero-order valence-electron chi connectivity index (χ0n) is 18.7. The Labute approximate surface area is 184 Å². The molecule has 4 rings (SSSR count). The predicted molar refractivity (Wildman–Crippen MR) is 126 cm³/mol. The van der Waals surface area contributed by atoms with Crippen LogP contribution in [0.5, 0.6) is 0 Å². The van der Waals surface area contributed by atoms with Crippen LogP contribution in [0.25, 0.3) is 17.0 Å². The van der Waals surface area contributed by atoms with Crippen LogP contribution in [0, 0.1) is 0 Å². The van der Waals surface area contributed by atoms with Crippen LogP contribution in [0.2, 0.25) is 0 Å². The van der Waals surface area contributed by atoms with Crippen molar-refractivity contribution in [3.8, 4) is 0 Å². The SMILES string of the molecule is CC(C)N(C=Cc1ccnc2c1C(=O)N(CCc1ccc3ccccc3n1)C2)C(C)C. The van der Waals surface area contributed by atoms with E-state index in [1.807, 2.05) is 35.2 Å². The van der Waals surface area contributed by atoms with Gasteiger partial charge in [-0.05, 0) is 57.5 Å². The van der Waals surface area contributed by atoms with Crippen molar-refractivity contribution in [3.63, 3.8) is 0 Å². The van der Waals surface area contributed by atoms with Gasteiger partial charge in [0, 0.05) is 48.5 Å². The van der Waals surface area contributed by atoms with Crippen LogP contribution in [0.3, 0.4) is 0 Å². The summed E-state index contributed by atoms with van der Waals surface area (Å²) in [6, 6.07) is 15.0. The quantitative estimate of drug-likeness (QED) is 0.551. The molecule has 5 nitrogen and oxygen atoms in total. The first-order valence-electron chi connectivity index (χ1n) is 11.0. The third kappa shape index (κ3) is 4.46. The molecule has 0 bridgehead atoms. The minimum atomic E-state index is 0.0594. The Morgan fingerprint density at radius 1 is 1.06 bits per heavy atom. The van der Waals surface area contributed by atoms with Gasteiger partial charge in [0.1, 0.15) is 0 Å². The van der Waals surface area contributed by atoms with Crippen molar-refractivity contribution in [1.82, 2.24) is 19.8 Å². The lowest BCUT2D eigenvalue weighted by Gasteiger charge is -2.29. The fourth-order valence-corrected chi connectivity index (χ4v) is 4.22. The molecule has 0 saturated carbocycles. The number of carbonyl (C=O) groups excluding carboxylic acids is 1. The molecule has 1 aliphatic rings. The van der Waals surface area contributed by atoms with E-state index < -0.39 is 0 Å². The van der Waals surface area contributed by atoms with E-state index in [0.717, 1.165) is 39.8 Å². The lowest BCUT2D eigenvalue weighted by Crippen LogP contribution is -2.31. The number of aromatic nitrogens is 2. The molecule has 160 valence electrons. The molecule has 1 aromatic carbocycles. The van der Waals surface area contributed by atoms with Crippen LogP contribution >= 0.6 is 0 Å². The van der Waals surface area contributed by atoms with E-state index >= 15 is 0 Å². The molecule has 1 aliphatic heterocycles. The molecule has 0 saturated heterocycles. The van der Waals surface area contributed by atoms with E-state index in [4.69, 9.17) is 4.98 Å². The zero-order chi connectivity index (χ0) is 22.0. The number of nitrogens with zero attached hydrogens (tertiary/aromatic N) is 4. The van der Waals surface area contributed by atoms with E-state index in [-0.39, 0.29) is 5.91 Å². The number of carbonyl (C=O) groups is 1. The average Bonchev–Trinajstić information content (AvgIpc) is 3.08. The summed E-state index contributed by atoms with van der Waals surface area (Å²) in [6.45, 7) is 9.89. The number of hydrogen-bond acceptors (Lipinski definition) is 4. The molecule has 3 aromatic rings. The van der Waals surface area contributed by atoms with Gasteiger partial charge in [-0.1, -0.05) is 24.3 Å². The molecule has 0 spiro atoms. The summed E-state index contributed by atoms with van der Waals surface area (Å²) in [7, 11) is 0. The molecule has 0 atom stereocenters. The van der Waals surface area contributed by atoms with Crippen LogP contribution < -0.4 is 0 Å². The molecule has 2 aromatic heterocycles. The van der Waals surface area contributed by atoms with Crippen molar-refractivity contribution in [2.75, 3.05) is 6.54 Å². The third-order valence-electron chi connectivity index (χ3n) is 5.82. The Hall–Kier alpha value is -3.21. The summed E-state index contributed by atoms with van der Waals surface area (Å²) in [4.78, 5) is 26.6. The molecular weight excluding hydrogens is 384 g/mol. The van der Waals surface area contributed by atoms with Crippen LogP contribution in [0.4, 0.5) is 0 Å². The molecular formula is C26H30N4O. The van der Waals surface area contributed by atoms with Gasteiger partial charge in [0.25, 0.3) is 5.91 Å². The van der Waals surface area contributed by atoms with Gasteiger partial charge in [0.15, 0.2) is 0 Å². The topological polar surface area (TPSA) is 49.3 Å². The number of para-hydroxylation sites is 1. The van der Waals surface area contributed by atoms with Gasteiger partial charge in [-0.3, -0.25) is 14.8 Å². The van der Waals surface area contributed by atoms with Gasteiger partial charge in [0.2, 0.25) is 0 Å². The molecule has 0 N–H and O–H groups in total. The van der Waals surface area contributed by atoms with Gasteiger partial charge in [-0.25, -0.2) is 0 Å². The molecule has 0 fully saturated rings. The Kier molecular flexibility index (Phi) is 6.03. The van der Waals surface area contributed by atoms with Gasteiger partial charge >= 0.3 is 0 Å². The predicted octanol–water partition coefficient (Wildman–Crippen LogP) is 4.92. The van der Waals surface area contributed by atoms with Crippen molar-refractivity contribution in [2.24, 2.45) is 0 Å². The summed E-state index contributed by atoms with van der Waals surface area (Å²) in [5, 5.41) is 1.13. The maximum atomic E-state index is 13.2. The Morgan fingerprint density at radius 3 is 2.61 bits per heavy atom. The highest BCUT2D eigenvalue weighted by Crippen LogP contribution is 2.26. The van der Waals surface area contributed by atoms with Crippen molar-refractivity contribution >= 4 is 22.9 Å².